The fourth-order valence-corrected chi connectivity index (χ4v) is 0.589. The highest BCUT2D eigenvalue weighted by Gasteiger charge is 1.75. The number of allylic oxidation sites excluding steroid dienone is 4. The van der Waals surface area contributed by atoms with Crippen molar-refractivity contribution in [1.82, 2.24) is 0 Å². The van der Waals surface area contributed by atoms with Crippen LogP contribution in [0.5, 0.6) is 0 Å². The summed E-state index contributed by atoms with van der Waals surface area (Å²) in [5.41, 5.74) is 1.35. The Kier molecular flexibility index (Phi) is 6.25. The minimum atomic E-state index is 1.19. The molecule has 1 radical (unpaired) electrons. The Hall–Kier alpha value is -0.520. The molecule has 0 saturated carbocycles. The van der Waals surface area contributed by atoms with E-state index in [1.807, 2.05) is 0 Å². The highest BCUT2D eigenvalue weighted by Crippen LogP contribution is 1.94. The molecule has 0 rings (SSSR count). The van der Waals surface area contributed by atoms with E-state index in [0.717, 1.165) is 0 Å². The molecule has 0 heterocycles. The smallest absolute Gasteiger partial charge is 0.00467 e. The van der Waals surface area contributed by atoms with Gasteiger partial charge in [0, 0.05) is 6.42 Å². The summed E-state index contributed by atoms with van der Waals surface area (Å²) >= 11 is 0. The number of hydrogen-bond acceptors (Lipinski definition) is 0. The Morgan fingerprint density at radius 2 is 2.00 bits per heavy atom. The monoisotopic (exact) mass is 137 g/mol. The largest absolute Gasteiger partial charge is 0.0879 e. The molecule has 0 amide bonds. The van der Waals surface area contributed by atoms with Crippen LogP contribution in [0.3, 0.4) is 0 Å². The highest BCUT2D eigenvalue weighted by molar-refractivity contribution is 5.11. The lowest BCUT2D eigenvalue weighted by molar-refractivity contribution is 0.958. The molecule has 57 valence electrons. The lowest BCUT2D eigenvalue weighted by Crippen LogP contribution is -1.66. The van der Waals surface area contributed by atoms with Crippen molar-refractivity contribution in [3.05, 3.63) is 30.2 Å². The van der Waals surface area contributed by atoms with Crippen molar-refractivity contribution >= 4 is 0 Å². The van der Waals surface area contributed by atoms with Crippen molar-refractivity contribution in [2.24, 2.45) is 0 Å². The van der Waals surface area contributed by atoms with Crippen molar-refractivity contribution in [2.45, 2.75) is 33.6 Å². The molecule has 0 bridgehead atoms. The molecule has 0 saturated heterocycles. The van der Waals surface area contributed by atoms with Crippen LogP contribution in [0.2, 0.25) is 0 Å². The predicted molar refractivity (Wildman–Crippen MR) is 47.8 cm³/mol. The first kappa shape index (κ1) is 9.48. The van der Waals surface area contributed by atoms with Crippen molar-refractivity contribution in [2.75, 3.05) is 0 Å². The van der Waals surface area contributed by atoms with Crippen LogP contribution in [0.15, 0.2) is 23.8 Å². The van der Waals surface area contributed by atoms with Gasteiger partial charge in [0.25, 0.3) is 0 Å². The molecule has 0 aliphatic heterocycles. The topological polar surface area (TPSA) is 0 Å². The van der Waals surface area contributed by atoms with Gasteiger partial charge in [0.15, 0.2) is 0 Å². The van der Waals surface area contributed by atoms with Gasteiger partial charge >= 0.3 is 0 Å². The lowest BCUT2D eigenvalue weighted by Gasteiger charge is -1.85. The van der Waals surface area contributed by atoms with E-state index in [1.54, 1.807) is 0 Å². The highest BCUT2D eigenvalue weighted by atomic mass is 13.8. The zero-order chi connectivity index (χ0) is 7.82. The summed E-state index contributed by atoms with van der Waals surface area (Å²) in [7, 11) is 0. The standard InChI is InChI=1S/C10H17/c1-4-5-6-7-8-9-10(2)3/h6-9H,4-5H2,1-3H3. The summed E-state index contributed by atoms with van der Waals surface area (Å²) in [4.78, 5) is 0. The average Bonchev–Trinajstić information content (AvgIpc) is 1.87. The molecule has 0 atom stereocenters. The fourth-order valence-electron chi connectivity index (χ4n) is 0.589. The van der Waals surface area contributed by atoms with Gasteiger partial charge < -0.3 is 0 Å². The predicted octanol–water partition coefficient (Wildman–Crippen LogP) is 3.51. The van der Waals surface area contributed by atoms with Crippen LogP contribution in [0, 0.1) is 6.42 Å². The van der Waals surface area contributed by atoms with Crippen molar-refractivity contribution < 1.29 is 0 Å². The Labute approximate surface area is 64.6 Å². The molecule has 0 nitrogen and oxygen atoms in total. The fraction of sp³-hybridized carbons (Fsp3) is 0.500. The van der Waals surface area contributed by atoms with Gasteiger partial charge in [-0.25, -0.2) is 0 Å². The van der Waals surface area contributed by atoms with E-state index in [4.69, 9.17) is 0 Å². The minimum absolute atomic E-state index is 1.19. The first-order valence-electron chi connectivity index (χ1n) is 3.90. The molecule has 0 aromatic rings. The van der Waals surface area contributed by atoms with Crippen LogP contribution < -0.4 is 0 Å². The second kappa shape index (κ2) is 6.60. The number of rotatable bonds is 4. The second-order valence-electron chi connectivity index (χ2n) is 2.65. The first-order chi connectivity index (χ1) is 4.77. The van der Waals surface area contributed by atoms with Gasteiger partial charge in [-0.1, -0.05) is 37.1 Å². The van der Waals surface area contributed by atoms with Crippen LogP contribution in [-0.4, -0.2) is 0 Å². The zero-order valence-electron chi connectivity index (χ0n) is 7.22. The SMILES string of the molecule is CCCC=C[CH]C=C(C)C. The Balaban J connectivity index is 3.27. The minimum Gasteiger partial charge on any atom is -0.0879 e. The molecule has 0 fully saturated rings. The number of unbranched alkanes of at least 4 members (excludes halogenated alkanes) is 1. The molecule has 0 aliphatic rings. The van der Waals surface area contributed by atoms with Crippen LogP contribution in [0.1, 0.15) is 33.6 Å². The number of hydrogen-bond donors (Lipinski definition) is 0. The molecule has 0 spiro atoms. The molecule has 0 aromatic carbocycles. The van der Waals surface area contributed by atoms with Crippen molar-refractivity contribution in [3.8, 4) is 0 Å². The lowest BCUT2D eigenvalue weighted by atomic mass is 10.2. The van der Waals surface area contributed by atoms with Crippen LogP contribution in [-0.2, 0) is 0 Å². The van der Waals surface area contributed by atoms with Crippen molar-refractivity contribution in [1.29, 1.82) is 0 Å². The molecular weight excluding hydrogens is 120 g/mol. The van der Waals surface area contributed by atoms with E-state index in [0.29, 0.717) is 0 Å². The summed E-state index contributed by atoms with van der Waals surface area (Å²) in [6.07, 6.45) is 10.9. The van der Waals surface area contributed by atoms with Crippen LogP contribution in [0.4, 0.5) is 0 Å². The Morgan fingerprint density at radius 3 is 2.50 bits per heavy atom. The molecule has 10 heavy (non-hydrogen) atoms. The third-order valence-corrected chi connectivity index (χ3v) is 1.13. The summed E-state index contributed by atoms with van der Waals surface area (Å²) in [6, 6.07) is 0. The quantitative estimate of drug-likeness (QED) is 0.556. The normalized spacial score (nSPS) is 10.3. The van der Waals surface area contributed by atoms with Gasteiger partial charge in [0.05, 0.1) is 0 Å². The Morgan fingerprint density at radius 1 is 1.30 bits per heavy atom. The molecular formula is C10H17. The molecule has 0 aromatic heterocycles. The third-order valence-electron chi connectivity index (χ3n) is 1.13. The van der Waals surface area contributed by atoms with E-state index in [9.17, 15) is 0 Å². The molecule has 0 aliphatic carbocycles. The maximum atomic E-state index is 2.19. The van der Waals surface area contributed by atoms with E-state index in [-0.39, 0.29) is 0 Å². The zero-order valence-corrected chi connectivity index (χ0v) is 7.22. The Bertz CT molecular complexity index is 114. The third kappa shape index (κ3) is 7.48. The summed E-state index contributed by atoms with van der Waals surface area (Å²) < 4.78 is 0. The van der Waals surface area contributed by atoms with Crippen LogP contribution in [0.25, 0.3) is 0 Å². The maximum absolute atomic E-state index is 2.19. The van der Waals surface area contributed by atoms with Crippen LogP contribution >= 0.6 is 0 Å². The van der Waals surface area contributed by atoms with E-state index >= 15 is 0 Å². The second-order valence-corrected chi connectivity index (χ2v) is 2.65. The maximum Gasteiger partial charge on any atom is 0.00467 e. The van der Waals surface area contributed by atoms with Gasteiger partial charge in [-0.2, -0.15) is 0 Å². The van der Waals surface area contributed by atoms with Gasteiger partial charge in [-0.3, -0.25) is 0 Å². The summed E-state index contributed by atoms with van der Waals surface area (Å²) in [5.74, 6) is 0. The van der Waals surface area contributed by atoms with Gasteiger partial charge in [-0.05, 0) is 20.3 Å². The van der Waals surface area contributed by atoms with E-state index < -0.39 is 0 Å². The summed E-state index contributed by atoms with van der Waals surface area (Å²) in [5, 5.41) is 0. The molecule has 0 unspecified atom stereocenters. The van der Waals surface area contributed by atoms with Gasteiger partial charge in [0.1, 0.15) is 0 Å². The molecule has 0 heteroatoms. The van der Waals surface area contributed by atoms with E-state index in [2.05, 4.69) is 45.4 Å². The average molecular weight is 137 g/mol. The van der Waals surface area contributed by atoms with Gasteiger partial charge in [0.2, 0.25) is 0 Å². The molecule has 0 N–H and O–H groups in total. The van der Waals surface area contributed by atoms with E-state index in [1.165, 1.54) is 18.4 Å². The first-order valence-corrected chi connectivity index (χ1v) is 3.90. The van der Waals surface area contributed by atoms with Gasteiger partial charge in [-0.15, -0.1) is 0 Å². The van der Waals surface area contributed by atoms with Crippen molar-refractivity contribution in [3.63, 3.8) is 0 Å². The summed E-state index contributed by atoms with van der Waals surface area (Å²) in [6.45, 7) is 6.39.